The van der Waals surface area contributed by atoms with Crippen LogP contribution in [0.15, 0.2) is 78.9 Å². The van der Waals surface area contributed by atoms with Gasteiger partial charge in [0, 0.05) is 16.9 Å². The van der Waals surface area contributed by atoms with Gasteiger partial charge in [-0.25, -0.2) is 0 Å². The first kappa shape index (κ1) is 21.9. The monoisotopic (exact) mass is 428 g/mol. The van der Waals surface area contributed by atoms with Crippen molar-refractivity contribution in [3.05, 3.63) is 90.0 Å². The van der Waals surface area contributed by atoms with Gasteiger partial charge in [-0.15, -0.1) is 0 Å². The highest BCUT2D eigenvalue weighted by atomic mass is 19.4. The largest absolute Gasteiger partial charge is 0.481 e. The zero-order chi connectivity index (χ0) is 22.4. The van der Waals surface area contributed by atoms with E-state index in [-0.39, 0.29) is 11.3 Å². The number of amides is 2. The third-order valence-electron chi connectivity index (χ3n) is 4.27. The zero-order valence-electron chi connectivity index (χ0n) is 16.4. The number of carbonyl (C=O) groups is 2. The van der Waals surface area contributed by atoms with Crippen LogP contribution in [-0.2, 0) is 11.0 Å². The van der Waals surface area contributed by atoms with Crippen LogP contribution in [0.5, 0.6) is 5.75 Å². The normalized spacial score (nSPS) is 12.0. The van der Waals surface area contributed by atoms with Gasteiger partial charge >= 0.3 is 6.18 Å². The maximum atomic E-state index is 12.8. The lowest BCUT2D eigenvalue weighted by Crippen LogP contribution is -2.30. The van der Waals surface area contributed by atoms with E-state index < -0.39 is 29.7 Å². The molecule has 0 saturated heterocycles. The van der Waals surface area contributed by atoms with Gasteiger partial charge in [0.15, 0.2) is 6.10 Å². The van der Waals surface area contributed by atoms with Crippen LogP contribution >= 0.6 is 0 Å². The van der Waals surface area contributed by atoms with Gasteiger partial charge in [0.1, 0.15) is 5.75 Å². The van der Waals surface area contributed by atoms with Crippen LogP contribution < -0.4 is 15.4 Å². The van der Waals surface area contributed by atoms with Crippen LogP contribution in [0, 0.1) is 0 Å². The number of rotatable bonds is 6. The minimum absolute atomic E-state index is 0.0131. The average Bonchev–Trinajstić information content (AvgIpc) is 2.74. The van der Waals surface area contributed by atoms with E-state index in [0.29, 0.717) is 11.4 Å². The van der Waals surface area contributed by atoms with Crippen molar-refractivity contribution in [1.29, 1.82) is 0 Å². The molecule has 0 radical (unpaired) electrons. The van der Waals surface area contributed by atoms with Crippen molar-refractivity contribution in [3.8, 4) is 5.75 Å². The van der Waals surface area contributed by atoms with Gasteiger partial charge in [-0.3, -0.25) is 9.59 Å². The first-order valence-electron chi connectivity index (χ1n) is 9.33. The number of hydrogen-bond acceptors (Lipinski definition) is 3. The molecule has 0 aliphatic heterocycles. The van der Waals surface area contributed by atoms with E-state index in [0.717, 1.165) is 12.1 Å². The molecule has 0 spiro atoms. The summed E-state index contributed by atoms with van der Waals surface area (Å²) in [5.41, 5.74) is -0.324. The van der Waals surface area contributed by atoms with E-state index in [1.165, 1.54) is 24.3 Å². The molecule has 0 aromatic heterocycles. The fourth-order valence-electron chi connectivity index (χ4n) is 2.72. The first-order chi connectivity index (χ1) is 14.7. The summed E-state index contributed by atoms with van der Waals surface area (Å²) in [6.07, 6.45) is -5.30. The number of hydrogen-bond donors (Lipinski definition) is 2. The SMILES string of the molecule is CC(Oc1ccccc1)C(=O)Nc1cccc(C(=O)Nc2cccc(C(F)(F)F)c2)c1. The fraction of sp³-hybridized carbons (Fsp3) is 0.130. The Labute approximate surface area is 176 Å². The standard InChI is InChI=1S/C23H19F3N2O3/c1-15(31-20-11-3-2-4-12-20)21(29)27-18-9-5-7-16(13-18)22(30)28-19-10-6-8-17(14-19)23(24,25)26/h2-15H,1H3,(H,27,29)(H,28,30). The lowest BCUT2D eigenvalue weighted by atomic mass is 10.1. The molecule has 3 aromatic rings. The molecule has 1 atom stereocenters. The maximum absolute atomic E-state index is 12.8. The third-order valence-corrected chi connectivity index (χ3v) is 4.27. The topological polar surface area (TPSA) is 67.4 Å². The Morgan fingerprint density at radius 3 is 2.16 bits per heavy atom. The maximum Gasteiger partial charge on any atom is 0.416 e. The highest BCUT2D eigenvalue weighted by Gasteiger charge is 2.30. The molecule has 31 heavy (non-hydrogen) atoms. The van der Waals surface area contributed by atoms with Gasteiger partial charge in [-0.05, 0) is 55.5 Å². The summed E-state index contributed by atoms with van der Waals surface area (Å²) in [5, 5.41) is 5.09. The Hall–Kier alpha value is -3.81. The van der Waals surface area contributed by atoms with Crippen LogP contribution in [0.3, 0.4) is 0 Å². The number of halogens is 3. The molecule has 0 bridgehead atoms. The van der Waals surface area contributed by atoms with Gasteiger partial charge in [-0.1, -0.05) is 30.3 Å². The number of anilines is 2. The van der Waals surface area contributed by atoms with Crippen molar-refractivity contribution in [2.45, 2.75) is 19.2 Å². The summed E-state index contributed by atoms with van der Waals surface area (Å²) in [6, 6.07) is 19.3. The second-order valence-electron chi connectivity index (χ2n) is 6.68. The molecular weight excluding hydrogens is 409 g/mol. The Morgan fingerprint density at radius 2 is 1.48 bits per heavy atom. The Balaban J connectivity index is 1.65. The summed E-state index contributed by atoms with van der Waals surface area (Å²) in [6.45, 7) is 1.59. The van der Waals surface area contributed by atoms with E-state index in [1.807, 2.05) is 6.07 Å². The lowest BCUT2D eigenvalue weighted by Gasteiger charge is -2.15. The molecule has 2 amide bonds. The van der Waals surface area contributed by atoms with Crippen LogP contribution in [0.2, 0.25) is 0 Å². The van der Waals surface area contributed by atoms with Crippen molar-refractivity contribution in [3.63, 3.8) is 0 Å². The number of benzene rings is 3. The molecule has 0 saturated carbocycles. The van der Waals surface area contributed by atoms with Gasteiger partial charge in [0.25, 0.3) is 11.8 Å². The number of para-hydroxylation sites is 1. The summed E-state index contributed by atoms with van der Waals surface area (Å²) in [4.78, 5) is 24.8. The van der Waals surface area contributed by atoms with Gasteiger partial charge in [0.05, 0.1) is 5.56 Å². The third kappa shape index (κ3) is 6.08. The zero-order valence-corrected chi connectivity index (χ0v) is 16.4. The summed E-state index contributed by atoms with van der Waals surface area (Å²) >= 11 is 0. The molecule has 8 heteroatoms. The molecule has 0 heterocycles. The van der Waals surface area contributed by atoms with Crippen LogP contribution in [0.25, 0.3) is 0 Å². The first-order valence-corrected chi connectivity index (χ1v) is 9.33. The number of ether oxygens (including phenoxy) is 1. The molecule has 1 unspecified atom stereocenters. The minimum Gasteiger partial charge on any atom is -0.481 e. The van der Waals surface area contributed by atoms with Gasteiger partial charge in [0.2, 0.25) is 0 Å². The average molecular weight is 428 g/mol. The van der Waals surface area contributed by atoms with Crippen molar-refractivity contribution in [1.82, 2.24) is 0 Å². The fourth-order valence-corrected chi connectivity index (χ4v) is 2.72. The smallest absolute Gasteiger partial charge is 0.416 e. The highest BCUT2D eigenvalue weighted by molar-refractivity contribution is 6.05. The van der Waals surface area contributed by atoms with Crippen molar-refractivity contribution in [2.24, 2.45) is 0 Å². The van der Waals surface area contributed by atoms with E-state index in [9.17, 15) is 22.8 Å². The van der Waals surface area contributed by atoms with E-state index in [2.05, 4.69) is 10.6 Å². The molecule has 3 rings (SSSR count). The lowest BCUT2D eigenvalue weighted by molar-refractivity contribution is -0.137. The second kappa shape index (κ2) is 9.34. The van der Waals surface area contributed by atoms with Gasteiger partial charge < -0.3 is 15.4 Å². The molecule has 160 valence electrons. The summed E-state index contributed by atoms with van der Waals surface area (Å²) < 4.78 is 44.1. The molecule has 0 aliphatic carbocycles. The Kier molecular flexibility index (Phi) is 6.59. The minimum atomic E-state index is -4.51. The van der Waals surface area contributed by atoms with E-state index >= 15 is 0 Å². The number of alkyl halides is 3. The predicted octanol–water partition coefficient (Wildman–Crippen LogP) is 5.36. The molecular formula is C23H19F3N2O3. The summed E-state index contributed by atoms with van der Waals surface area (Å²) in [7, 11) is 0. The van der Waals surface area contributed by atoms with E-state index in [1.54, 1.807) is 43.3 Å². The Morgan fingerprint density at radius 1 is 0.839 bits per heavy atom. The molecule has 0 fully saturated rings. The van der Waals surface area contributed by atoms with E-state index in [4.69, 9.17) is 4.74 Å². The van der Waals surface area contributed by atoms with Crippen LogP contribution in [-0.4, -0.2) is 17.9 Å². The van der Waals surface area contributed by atoms with Crippen LogP contribution in [0.4, 0.5) is 24.5 Å². The molecule has 5 nitrogen and oxygen atoms in total. The molecule has 0 aliphatic rings. The quantitative estimate of drug-likeness (QED) is 0.555. The number of nitrogens with one attached hydrogen (secondary N) is 2. The van der Waals surface area contributed by atoms with Gasteiger partial charge in [-0.2, -0.15) is 13.2 Å². The molecule has 2 N–H and O–H groups in total. The van der Waals surface area contributed by atoms with Crippen molar-refractivity contribution < 1.29 is 27.5 Å². The predicted molar refractivity (Wildman–Crippen MR) is 111 cm³/mol. The highest BCUT2D eigenvalue weighted by Crippen LogP contribution is 2.30. The summed E-state index contributed by atoms with van der Waals surface area (Å²) in [5.74, 6) is -0.484. The van der Waals surface area contributed by atoms with Crippen molar-refractivity contribution in [2.75, 3.05) is 10.6 Å². The second-order valence-corrected chi connectivity index (χ2v) is 6.68. The van der Waals surface area contributed by atoms with Crippen molar-refractivity contribution >= 4 is 23.2 Å². The molecule has 3 aromatic carbocycles. The number of carbonyl (C=O) groups excluding carboxylic acids is 2. The Bertz CT molecular complexity index is 1070. The van der Waals surface area contributed by atoms with Crippen LogP contribution in [0.1, 0.15) is 22.8 Å².